The lowest BCUT2D eigenvalue weighted by Crippen LogP contribution is -2.04. The average molecular weight is 346 g/mol. The number of halogens is 1. The quantitative estimate of drug-likeness (QED) is 0.733. The molecule has 3 rings (SSSR count). The SMILES string of the molecule is Br/C=C1\SC(OCc2ccccc2)=Nc2ccccc21. The molecule has 2 nitrogen and oxygen atoms in total. The second kappa shape index (κ2) is 6.29. The Morgan fingerprint density at radius 2 is 1.80 bits per heavy atom. The molecule has 1 aliphatic rings. The molecule has 1 heterocycles. The number of ether oxygens (including phenoxy) is 1. The van der Waals surface area contributed by atoms with E-state index in [0.717, 1.165) is 21.7 Å². The summed E-state index contributed by atoms with van der Waals surface area (Å²) in [7, 11) is 0. The Morgan fingerprint density at radius 1 is 1.05 bits per heavy atom. The molecule has 0 fully saturated rings. The van der Waals surface area contributed by atoms with Crippen molar-refractivity contribution < 1.29 is 4.74 Å². The number of aliphatic imine (C=N–C) groups is 1. The molecule has 0 bridgehead atoms. The third kappa shape index (κ3) is 2.97. The third-order valence-corrected chi connectivity index (χ3v) is 4.59. The van der Waals surface area contributed by atoms with E-state index in [1.165, 1.54) is 11.8 Å². The van der Waals surface area contributed by atoms with E-state index in [9.17, 15) is 0 Å². The largest absolute Gasteiger partial charge is 0.468 e. The Balaban J connectivity index is 1.80. The van der Waals surface area contributed by atoms with Crippen LogP contribution >= 0.6 is 27.7 Å². The fraction of sp³-hybridized carbons (Fsp3) is 0.0625. The van der Waals surface area contributed by atoms with Crippen molar-refractivity contribution in [2.45, 2.75) is 6.61 Å². The van der Waals surface area contributed by atoms with Gasteiger partial charge < -0.3 is 4.74 Å². The van der Waals surface area contributed by atoms with Crippen LogP contribution in [0.2, 0.25) is 0 Å². The van der Waals surface area contributed by atoms with E-state index in [1.807, 2.05) is 53.5 Å². The van der Waals surface area contributed by atoms with Crippen molar-refractivity contribution in [1.82, 2.24) is 0 Å². The lowest BCUT2D eigenvalue weighted by molar-refractivity contribution is 0.303. The molecule has 4 heteroatoms. The topological polar surface area (TPSA) is 21.6 Å². The van der Waals surface area contributed by atoms with E-state index < -0.39 is 0 Å². The molecule has 1 aliphatic heterocycles. The summed E-state index contributed by atoms with van der Waals surface area (Å²) >= 11 is 4.95. The van der Waals surface area contributed by atoms with Gasteiger partial charge in [0, 0.05) is 10.5 Å². The lowest BCUT2D eigenvalue weighted by Gasteiger charge is -2.17. The number of thioether (sulfide) groups is 1. The first-order valence-corrected chi connectivity index (χ1v) is 7.93. The van der Waals surface area contributed by atoms with Crippen molar-refractivity contribution in [2.75, 3.05) is 0 Å². The van der Waals surface area contributed by atoms with Gasteiger partial charge in [-0.3, -0.25) is 0 Å². The molecule has 0 aliphatic carbocycles. The number of rotatable bonds is 2. The number of nitrogens with zero attached hydrogens (tertiary/aromatic N) is 1. The van der Waals surface area contributed by atoms with Gasteiger partial charge in [-0.25, -0.2) is 4.99 Å². The Hall–Kier alpha value is -1.52. The smallest absolute Gasteiger partial charge is 0.256 e. The van der Waals surface area contributed by atoms with Crippen LogP contribution in [0.15, 0.2) is 64.6 Å². The van der Waals surface area contributed by atoms with Crippen molar-refractivity contribution in [3.63, 3.8) is 0 Å². The zero-order chi connectivity index (χ0) is 13.8. The summed E-state index contributed by atoms with van der Waals surface area (Å²) in [5.74, 6) is 0. The summed E-state index contributed by atoms with van der Waals surface area (Å²) in [6.07, 6.45) is 0. The van der Waals surface area contributed by atoms with Crippen molar-refractivity contribution in [3.05, 3.63) is 70.7 Å². The molecule has 2 aromatic rings. The van der Waals surface area contributed by atoms with E-state index >= 15 is 0 Å². The van der Waals surface area contributed by atoms with Gasteiger partial charge in [0.25, 0.3) is 5.23 Å². The van der Waals surface area contributed by atoms with Crippen LogP contribution in [0.5, 0.6) is 0 Å². The molecule has 0 atom stereocenters. The summed E-state index contributed by atoms with van der Waals surface area (Å²) in [5.41, 5.74) is 3.21. The second-order valence-electron chi connectivity index (χ2n) is 4.24. The summed E-state index contributed by atoms with van der Waals surface area (Å²) in [6.45, 7) is 0.532. The van der Waals surface area contributed by atoms with Gasteiger partial charge in [-0.15, -0.1) is 0 Å². The number of hydrogen-bond acceptors (Lipinski definition) is 3. The third-order valence-electron chi connectivity index (χ3n) is 2.88. The molecule has 0 N–H and O–H groups in total. The van der Waals surface area contributed by atoms with Gasteiger partial charge in [0.1, 0.15) is 6.61 Å². The summed E-state index contributed by atoms with van der Waals surface area (Å²) < 4.78 is 5.81. The number of hydrogen-bond donors (Lipinski definition) is 0. The molecular weight excluding hydrogens is 334 g/mol. The molecule has 20 heavy (non-hydrogen) atoms. The molecule has 0 radical (unpaired) electrons. The lowest BCUT2D eigenvalue weighted by atomic mass is 10.2. The van der Waals surface area contributed by atoms with Crippen LogP contribution in [0.4, 0.5) is 5.69 Å². The highest BCUT2D eigenvalue weighted by molar-refractivity contribution is 9.11. The summed E-state index contributed by atoms with van der Waals surface area (Å²) in [4.78, 5) is 7.58. The fourth-order valence-corrected chi connectivity index (χ4v) is 3.22. The predicted molar refractivity (Wildman–Crippen MR) is 89.3 cm³/mol. The molecule has 0 amide bonds. The normalized spacial score (nSPS) is 15.7. The zero-order valence-electron chi connectivity index (χ0n) is 10.6. The van der Waals surface area contributed by atoms with Gasteiger partial charge in [0.05, 0.1) is 5.69 Å². The Morgan fingerprint density at radius 3 is 2.60 bits per heavy atom. The van der Waals surface area contributed by atoms with Gasteiger partial charge >= 0.3 is 0 Å². The maximum absolute atomic E-state index is 5.81. The maximum Gasteiger partial charge on any atom is 0.256 e. The highest BCUT2D eigenvalue weighted by Crippen LogP contribution is 2.41. The van der Waals surface area contributed by atoms with Crippen molar-refractivity contribution in [1.29, 1.82) is 0 Å². The average Bonchev–Trinajstić information content (AvgIpc) is 2.53. The van der Waals surface area contributed by atoms with Crippen LogP contribution in [-0.4, -0.2) is 5.23 Å². The molecule has 0 unspecified atom stereocenters. The van der Waals surface area contributed by atoms with Crippen LogP contribution in [-0.2, 0) is 11.3 Å². The first kappa shape index (κ1) is 13.5. The van der Waals surface area contributed by atoms with Gasteiger partial charge in [-0.2, -0.15) is 0 Å². The molecular formula is C16H12BrNOS. The minimum absolute atomic E-state index is 0.532. The minimum Gasteiger partial charge on any atom is -0.468 e. The molecule has 2 aromatic carbocycles. The van der Waals surface area contributed by atoms with Gasteiger partial charge in [-0.1, -0.05) is 64.5 Å². The van der Waals surface area contributed by atoms with Gasteiger partial charge in [0.2, 0.25) is 0 Å². The molecule has 100 valence electrons. The van der Waals surface area contributed by atoms with Gasteiger partial charge in [-0.05, 0) is 28.4 Å². The first-order chi connectivity index (χ1) is 9.86. The Labute approximate surface area is 130 Å². The van der Waals surface area contributed by atoms with E-state index in [4.69, 9.17) is 4.74 Å². The van der Waals surface area contributed by atoms with Crippen molar-refractivity contribution in [2.24, 2.45) is 4.99 Å². The van der Waals surface area contributed by atoms with Crippen LogP contribution in [0.25, 0.3) is 4.91 Å². The highest BCUT2D eigenvalue weighted by Gasteiger charge is 2.18. The minimum atomic E-state index is 0.532. The second-order valence-corrected chi connectivity index (χ2v) is 5.70. The van der Waals surface area contributed by atoms with E-state index in [1.54, 1.807) is 0 Å². The molecule has 0 saturated heterocycles. The fourth-order valence-electron chi connectivity index (χ4n) is 1.91. The van der Waals surface area contributed by atoms with E-state index in [0.29, 0.717) is 11.8 Å². The highest BCUT2D eigenvalue weighted by atomic mass is 79.9. The molecule has 0 saturated carbocycles. The zero-order valence-corrected chi connectivity index (χ0v) is 13.0. The standard InChI is InChI=1S/C16H12BrNOS/c17-10-15-13-8-4-5-9-14(13)18-16(20-15)19-11-12-6-2-1-3-7-12/h1-10H,11H2/b15-10-. The van der Waals surface area contributed by atoms with Crippen LogP contribution in [0.3, 0.4) is 0 Å². The number of fused-ring (bicyclic) bond motifs is 1. The predicted octanol–water partition coefficient (Wildman–Crippen LogP) is 5.33. The van der Waals surface area contributed by atoms with Crippen molar-refractivity contribution in [3.8, 4) is 0 Å². The maximum atomic E-state index is 5.81. The van der Waals surface area contributed by atoms with Crippen LogP contribution < -0.4 is 0 Å². The van der Waals surface area contributed by atoms with Crippen LogP contribution in [0.1, 0.15) is 11.1 Å². The summed E-state index contributed by atoms with van der Waals surface area (Å²) in [5, 5.41) is 0.679. The van der Waals surface area contributed by atoms with E-state index in [-0.39, 0.29) is 0 Å². The summed E-state index contributed by atoms with van der Waals surface area (Å²) in [6, 6.07) is 18.2. The van der Waals surface area contributed by atoms with E-state index in [2.05, 4.69) is 27.0 Å². The van der Waals surface area contributed by atoms with Crippen LogP contribution in [0, 0.1) is 0 Å². The number of benzene rings is 2. The Bertz CT molecular complexity index is 667. The monoisotopic (exact) mass is 345 g/mol. The first-order valence-electron chi connectivity index (χ1n) is 6.20. The molecule has 0 aromatic heterocycles. The Kier molecular flexibility index (Phi) is 4.23. The number of para-hydroxylation sites is 1. The molecule has 0 spiro atoms. The van der Waals surface area contributed by atoms with Gasteiger partial charge in [0.15, 0.2) is 0 Å². The van der Waals surface area contributed by atoms with Crippen molar-refractivity contribution >= 4 is 43.5 Å².